The van der Waals surface area contributed by atoms with Gasteiger partial charge in [-0.25, -0.2) is 8.78 Å². The van der Waals surface area contributed by atoms with Gasteiger partial charge in [0.2, 0.25) is 0 Å². The van der Waals surface area contributed by atoms with Gasteiger partial charge in [-0.2, -0.15) is 5.26 Å². The van der Waals surface area contributed by atoms with Gasteiger partial charge < -0.3 is 10.6 Å². The van der Waals surface area contributed by atoms with Crippen LogP contribution in [0.5, 0.6) is 0 Å². The summed E-state index contributed by atoms with van der Waals surface area (Å²) in [5.74, 6) is -2.83. The topological polar surface area (TPSA) is 82.0 Å². The highest BCUT2D eigenvalue weighted by molar-refractivity contribution is 6.09. The Morgan fingerprint density at radius 2 is 1.43 bits per heavy atom. The zero-order chi connectivity index (χ0) is 20.1. The number of anilines is 2. The van der Waals surface area contributed by atoms with Gasteiger partial charge in [0.05, 0.1) is 16.9 Å². The maximum Gasteiger partial charge on any atom is 0.255 e. The first-order chi connectivity index (χ1) is 13.5. The molecule has 7 heteroatoms. The van der Waals surface area contributed by atoms with Crippen molar-refractivity contribution in [2.75, 3.05) is 10.6 Å². The van der Waals surface area contributed by atoms with Gasteiger partial charge in [0.1, 0.15) is 17.7 Å². The molecule has 0 aliphatic rings. The van der Waals surface area contributed by atoms with Gasteiger partial charge in [0.15, 0.2) is 0 Å². The minimum atomic E-state index is -0.907. The number of halogens is 2. The summed E-state index contributed by atoms with van der Waals surface area (Å²) in [6.45, 7) is 0. The molecule has 5 nitrogen and oxygen atoms in total. The average Bonchev–Trinajstić information content (AvgIpc) is 2.70. The van der Waals surface area contributed by atoms with Crippen molar-refractivity contribution >= 4 is 23.2 Å². The standard InChI is InChI=1S/C21H13F2N3O2/c22-16-8-9-19(17(23)11-16)26-21(28)14-6-3-5-13(10-14)20(27)25-18-7-2-1-4-15(18)12-24/h1-11H,(H,25,27)(H,26,28). The van der Waals surface area contributed by atoms with Crippen molar-refractivity contribution in [3.05, 3.63) is 95.1 Å². The number of para-hydroxylation sites is 1. The average molecular weight is 377 g/mol. The Kier molecular flexibility index (Phi) is 5.42. The number of nitrogens with zero attached hydrogens (tertiary/aromatic N) is 1. The monoisotopic (exact) mass is 377 g/mol. The zero-order valence-electron chi connectivity index (χ0n) is 14.4. The Hall–Kier alpha value is -4.05. The highest BCUT2D eigenvalue weighted by atomic mass is 19.1. The van der Waals surface area contributed by atoms with Crippen molar-refractivity contribution in [1.29, 1.82) is 5.26 Å². The van der Waals surface area contributed by atoms with E-state index < -0.39 is 23.4 Å². The second-order valence-corrected chi connectivity index (χ2v) is 5.77. The minimum absolute atomic E-state index is 0.116. The largest absolute Gasteiger partial charge is 0.321 e. The van der Waals surface area contributed by atoms with E-state index >= 15 is 0 Å². The van der Waals surface area contributed by atoms with E-state index in [1.165, 1.54) is 24.3 Å². The van der Waals surface area contributed by atoms with Crippen molar-refractivity contribution in [1.82, 2.24) is 0 Å². The van der Waals surface area contributed by atoms with Crippen LogP contribution < -0.4 is 10.6 Å². The fourth-order valence-electron chi connectivity index (χ4n) is 2.47. The summed E-state index contributed by atoms with van der Waals surface area (Å²) >= 11 is 0. The molecule has 0 fully saturated rings. The molecular formula is C21H13F2N3O2. The maximum absolute atomic E-state index is 13.7. The summed E-state index contributed by atoms with van der Waals surface area (Å²) in [4.78, 5) is 24.8. The fourth-order valence-corrected chi connectivity index (χ4v) is 2.47. The first kappa shape index (κ1) is 18.7. The highest BCUT2D eigenvalue weighted by Gasteiger charge is 2.14. The van der Waals surface area contributed by atoms with E-state index in [-0.39, 0.29) is 16.8 Å². The SMILES string of the molecule is N#Cc1ccccc1NC(=O)c1cccc(C(=O)Nc2ccc(F)cc2F)c1. The van der Waals surface area contributed by atoms with Gasteiger partial charge in [0.25, 0.3) is 11.8 Å². The molecule has 28 heavy (non-hydrogen) atoms. The lowest BCUT2D eigenvalue weighted by molar-refractivity contribution is 0.102. The van der Waals surface area contributed by atoms with Crippen LogP contribution in [0.3, 0.4) is 0 Å². The van der Waals surface area contributed by atoms with E-state index in [0.29, 0.717) is 17.3 Å². The van der Waals surface area contributed by atoms with Crippen LogP contribution in [0.2, 0.25) is 0 Å². The fraction of sp³-hybridized carbons (Fsp3) is 0. The molecule has 0 aliphatic heterocycles. The summed E-state index contributed by atoms with van der Waals surface area (Å²) in [6.07, 6.45) is 0. The number of hydrogen-bond donors (Lipinski definition) is 2. The van der Waals surface area contributed by atoms with Gasteiger partial charge >= 0.3 is 0 Å². The number of carbonyl (C=O) groups excluding carboxylic acids is 2. The lowest BCUT2D eigenvalue weighted by Gasteiger charge is -2.09. The number of benzene rings is 3. The van der Waals surface area contributed by atoms with Gasteiger partial charge in [-0.15, -0.1) is 0 Å². The molecule has 3 rings (SSSR count). The molecule has 0 radical (unpaired) electrons. The van der Waals surface area contributed by atoms with Crippen LogP contribution >= 0.6 is 0 Å². The lowest BCUT2D eigenvalue weighted by atomic mass is 10.1. The van der Waals surface area contributed by atoms with Crippen LogP contribution in [-0.2, 0) is 0 Å². The quantitative estimate of drug-likeness (QED) is 0.710. The molecule has 0 aliphatic carbocycles. The first-order valence-electron chi connectivity index (χ1n) is 8.15. The third-order valence-electron chi connectivity index (χ3n) is 3.86. The Bertz CT molecular complexity index is 1110. The summed E-state index contributed by atoms with van der Waals surface area (Å²) in [5.41, 5.74) is 0.767. The number of nitriles is 1. The number of carbonyl (C=O) groups is 2. The molecule has 138 valence electrons. The number of hydrogen-bond acceptors (Lipinski definition) is 3. The van der Waals surface area contributed by atoms with Gasteiger partial charge in [-0.1, -0.05) is 18.2 Å². The third kappa shape index (κ3) is 4.19. The second-order valence-electron chi connectivity index (χ2n) is 5.77. The Morgan fingerprint density at radius 3 is 2.07 bits per heavy atom. The van der Waals surface area contributed by atoms with Crippen molar-refractivity contribution in [2.24, 2.45) is 0 Å². The van der Waals surface area contributed by atoms with Crippen LogP contribution in [0.25, 0.3) is 0 Å². The molecule has 0 spiro atoms. The molecule has 0 atom stereocenters. The van der Waals surface area contributed by atoms with Gasteiger partial charge in [-0.3, -0.25) is 9.59 Å². The molecule has 0 saturated heterocycles. The molecule has 0 aromatic heterocycles. The summed E-state index contributed by atoms with van der Waals surface area (Å²) < 4.78 is 26.7. The second kappa shape index (κ2) is 8.10. The normalized spacial score (nSPS) is 10.0. The van der Waals surface area contributed by atoms with E-state index in [0.717, 1.165) is 12.1 Å². The number of amides is 2. The van der Waals surface area contributed by atoms with Crippen molar-refractivity contribution in [3.8, 4) is 6.07 Å². The van der Waals surface area contributed by atoms with Gasteiger partial charge in [-0.05, 0) is 42.5 Å². The van der Waals surface area contributed by atoms with Crippen molar-refractivity contribution in [3.63, 3.8) is 0 Å². The third-order valence-corrected chi connectivity index (χ3v) is 3.86. The predicted molar refractivity (Wildman–Crippen MR) is 99.9 cm³/mol. The molecule has 0 bridgehead atoms. The smallest absolute Gasteiger partial charge is 0.255 e. The predicted octanol–water partition coefficient (Wildman–Crippen LogP) is 4.34. The van der Waals surface area contributed by atoms with Crippen LogP contribution in [0.1, 0.15) is 26.3 Å². The Balaban J connectivity index is 1.78. The number of rotatable bonds is 4. The molecule has 2 N–H and O–H groups in total. The highest BCUT2D eigenvalue weighted by Crippen LogP contribution is 2.18. The molecule has 2 amide bonds. The molecule has 0 heterocycles. The van der Waals surface area contributed by atoms with Crippen LogP contribution in [0.15, 0.2) is 66.7 Å². The molecule has 3 aromatic rings. The maximum atomic E-state index is 13.7. The molecule has 0 unspecified atom stereocenters. The van der Waals surface area contributed by atoms with Crippen LogP contribution in [0.4, 0.5) is 20.2 Å². The number of nitrogens with one attached hydrogen (secondary N) is 2. The van der Waals surface area contributed by atoms with Crippen LogP contribution in [-0.4, -0.2) is 11.8 Å². The lowest BCUT2D eigenvalue weighted by Crippen LogP contribution is -2.16. The Labute approximate surface area is 159 Å². The van der Waals surface area contributed by atoms with E-state index in [9.17, 15) is 18.4 Å². The summed E-state index contributed by atoms with van der Waals surface area (Å²) in [5, 5.41) is 14.0. The summed E-state index contributed by atoms with van der Waals surface area (Å²) in [7, 11) is 0. The van der Waals surface area contributed by atoms with E-state index in [1.807, 2.05) is 6.07 Å². The first-order valence-corrected chi connectivity index (χ1v) is 8.15. The van der Waals surface area contributed by atoms with Crippen molar-refractivity contribution < 1.29 is 18.4 Å². The zero-order valence-corrected chi connectivity index (χ0v) is 14.4. The molecule has 3 aromatic carbocycles. The molecular weight excluding hydrogens is 364 g/mol. The van der Waals surface area contributed by atoms with E-state index in [2.05, 4.69) is 10.6 Å². The summed E-state index contributed by atoms with van der Waals surface area (Å²) in [6, 6.07) is 17.1. The minimum Gasteiger partial charge on any atom is -0.321 e. The Morgan fingerprint density at radius 1 is 0.786 bits per heavy atom. The molecule has 0 saturated carbocycles. The van der Waals surface area contributed by atoms with Crippen molar-refractivity contribution in [2.45, 2.75) is 0 Å². The van der Waals surface area contributed by atoms with E-state index in [1.54, 1.807) is 24.3 Å². The van der Waals surface area contributed by atoms with E-state index in [4.69, 9.17) is 5.26 Å². The van der Waals surface area contributed by atoms with Gasteiger partial charge in [0, 0.05) is 17.2 Å². The van der Waals surface area contributed by atoms with Crippen LogP contribution in [0, 0.1) is 23.0 Å².